The lowest BCUT2D eigenvalue weighted by molar-refractivity contribution is 0.129. The Hall–Kier alpha value is -2.23. The molecule has 1 radical (unpaired) electrons. The number of benzene rings is 2. The van der Waals surface area contributed by atoms with Gasteiger partial charge in [-0.3, -0.25) is 0 Å². The molecule has 18 heavy (non-hydrogen) atoms. The zero-order chi connectivity index (χ0) is 12.8. The summed E-state index contributed by atoms with van der Waals surface area (Å²) in [6.45, 7) is -0.135. The highest BCUT2D eigenvalue weighted by Crippen LogP contribution is 2.12. The van der Waals surface area contributed by atoms with Gasteiger partial charge in [-0.2, -0.15) is 0 Å². The zero-order valence-corrected chi connectivity index (χ0v) is 9.44. The Bertz CT molecular complexity index is 541. The molecule has 2 aromatic rings. The topological polar surface area (TPSA) is 21.6 Å². The predicted molar refractivity (Wildman–Crippen MR) is 64.1 cm³/mol. The van der Waals surface area contributed by atoms with Crippen LogP contribution in [0.1, 0.15) is 11.1 Å². The normalized spacial score (nSPS) is 10.8. The fourth-order valence-electron chi connectivity index (χ4n) is 1.36. The Balaban J connectivity index is 1.93. The van der Waals surface area contributed by atoms with Crippen LogP contribution in [0.2, 0.25) is 0 Å². The molecule has 0 aromatic heterocycles. The van der Waals surface area contributed by atoms with Gasteiger partial charge in [-0.1, -0.05) is 47.6 Å². The van der Waals surface area contributed by atoms with Crippen LogP contribution in [0.25, 0.3) is 0 Å². The van der Waals surface area contributed by atoms with Crippen LogP contribution in [0, 0.1) is 11.6 Å². The maximum Gasteiger partial charge on any atom is 0.165 e. The fraction of sp³-hybridized carbons (Fsp3) is 0.0714. The van der Waals surface area contributed by atoms with Gasteiger partial charge in [0.15, 0.2) is 11.6 Å². The van der Waals surface area contributed by atoms with Gasteiger partial charge < -0.3 is 4.84 Å². The van der Waals surface area contributed by atoms with Gasteiger partial charge in [0.1, 0.15) is 12.8 Å². The highest BCUT2D eigenvalue weighted by molar-refractivity contribution is 5.78. The third-order valence-corrected chi connectivity index (χ3v) is 2.26. The van der Waals surface area contributed by atoms with Gasteiger partial charge in [0.2, 0.25) is 0 Å². The second-order valence-corrected chi connectivity index (χ2v) is 3.56. The molecular weight excluding hydrogens is 236 g/mol. The molecule has 0 aliphatic rings. The number of halogens is 2. The lowest BCUT2D eigenvalue weighted by Crippen LogP contribution is -1.95. The third kappa shape index (κ3) is 3.13. The van der Waals surface area contributed by atoms with Crippen LogP contribution in [-0.2, 0) is 11.4 Å². The van der Waals surface area contributed by atoms with Crippen molar-refractivity contribution in [1.82, 2.24) is 0 Å². The minimum Gasteiger partial charge on any atom is -0.390 e. The first kappa shape index (κ1) is 12.2. The second-order valence-electron chi connectivity index (χ2n) is 3.56. The van der Waals surface area contributed by atoms with Crippen molar-refractivity contribution in [1.29, 1.82) is 0 Å². The van der Waals surface area contributed by atoms with Gasteiger partial charge in [-0.25, -0.2) is 8.78 Å². The summed E-state index contributed by atoms with van der Waals surface area (Å²) in [5.74, 6) is -1.81. The lowest BCUT2D eigenvalue weighted by atomic mass is 10.2. The smallest absolute Gasteiger partial charge is 0.165 e. The molecule has 2 nitrogen and oxygen atoms in total. The Kier molecular flexibility index (Phi) is 4.02. The third-order valence-electron chi connectivity index (χ3n) is 2.26. The van der Waals surface area contributed by atoms with E-state index in [0.29, 0.717) is 0 Å². The van der Waals surface area contributed by atoms with E-state index in [9.17, 15) is 8.78 Å². The van der Waals surface area contributed by atoms with E-state index < -0.39 is 11.6 Å². The Morgan fingerprint density at radius 3 is 2.56 bits per heavy atom. The molecule has 0 heterocycles. The molecule has 2 rings (SSSR count). The molecule has 0 amide bonds. The van der Waals surface area contributed by atoms with Crippen molar-refractivity contribution in [2.45, 2.75) is 6.61 Å². The summed E-state index contributed by atoms with van der Waals surface area (Å²) in [6.07, 6.45) is 2.64. The van der Waals surface area contributed by atoms with Gasteiger partial charge in [-0.05, 0) is 6.07 Å². The van der Waals surface area contributed by atoms with Gasteiger partial charge >= 0.3 is 0 Å². The van der Waals surface area contributed by atoms with E-state index in [0.717, 1.165) is 11.6 Å². The fourth-order valence-corrected chi connectivity index (χ4v) is 1.36. The summed E-state index contributed by atoms with van der Waals surface area (Å²) >= 11 is 0. The summed E-state index contributed by atoms with van der Waals surface area (Å²) in [4.78, 5) is 4.87. The Morgan fingerprint density at radius 1 is 1.00 bits per heavy atom. The summed E-state index contributed by atoms with van der Waals surface area (Å²) < 4.78 is 26.1. The number of hydrogen-bond acceptors (Lipinski definition) is 2. The van der Waals surface area contributed by atoms with Crippen LogP contribution in [0.15, 0.2) is 53.7 Å². The molecule has 91 valence electrons. The summed E-state index contributed by atoms with van der Waals surface area (Å²) in [5.41, 5.74) is 0.867. The molecule has 0 unspecified atom stereocenters. The maximum atomic E-state index is 13.2. The van der Waals surface area contributed by atoms with E-state index in [4.69, 9.17) is 4.84 Å². The number of hydrogen-bond donors (Lipinski definition) is 0. The van der Waals surface area contributed by atoms with E-state index in [-0.39, 0.29) is 12.2 Å². The quantitative estimate of drug-likeness (QED) is 0.598. The van der Waals surface area contributed by atoms with Crippen LogP contribution < -0.4 is 0 Å². The van der Waals surface area contributed by atoms with E-state index in [1.807, 2.05) is 18.2 Å². The van der Waals surface area contributed by atoms with Gasteiger partial charge in [0.05, 0.1) is 0 Å². The van der Waals surface area contributed by atoms with Crippen molar-refractivity contribution in [3.8, 4) is 0 Å². The molecule has 0 N–H and O–H groups in total. The molecule has 0 saturated heterocycles. The standard InChI is InChI=1S/C14H10F2NO/c15-13-8-4-7-12(14(13)16)10-18-17-9-11-5-2-1-3-6-11/h1-8H,10H2. The van der Waals surface area contributed by atoms with Gasteiger partial charge in [-0.15, -0.1) is 0 Å². The van der Waals surface area contributed by atoms with Crippen LogP contribution in [0.3, 0.4) is 0 Å². The second kappa shape index (κ2) is 5.91. The van der Waals surface area contributed by atoms with Crippen molar-refractivity contribution in [2.75, 3.05) is 0 Å². The largest absolute Gasteiger partial charge is 0.390 e. The average molecular weight is 246 g/mol. The van der Waals surface area contributed by atoms with E-state index in [1.54, 1.807) is 12.1 Å². The maximum absolute atomic E-state index is 13.2. The zero-order valence-electron chi connectivity index (χ0n) is 9.44. The van der Waals surface area contributed by atoms with Crippen molar-refractivity contribution in [3.63, 3.8) is 0 Å². The first-order chi connectivity index (χ1) is 8.77. The molecule has 2 aromatic carbocycles. The van der Waals surface area contributed by atoms with Crippen LogP contribution >= 0.6 is 0 Å². The minimum absolute atomic E-state index is 0.119. The summed E-state index contributed by atoms with van der Waals surface area (Å²) in [5, 5.41) is 3.57. The molecule has 0 aliphatic heterocycles. The molecular formula is C14H10F2NO. The van der Waals surface area contributed by atoms with Crippen molar-refractivity contribution in [2.24, 2.45) is 5.16 Å². The van der Waals surface area contributed by atoms with E-state index in [2.05, 4.69) is 11.4 Å². The number of rotatable bonds is 4. The van der Waals surface area contributed by atoms with Crippen LogP contribution in [-0.4, -0.2) is 6.21 Å². The SMILES string of the molecule is Fc1cccc(CO/N=[C]\c2ccccc2)c1F. The van der Waals surface area contributed by atoms with Crippen molar-refractivity contribution >= 4 is 6.21 Å². The monoisotopic (exact) mass is 246 g/mol. The summed E-state index contributed by atoms with van der Waals surface area (Å²) in [7, 11) is 0. The molecule has 0 atom stereocenters. The minimum atomic E-state index is -0.910. The van der Waals surface area contributed by atoms with Gasteiger partial charge in [0, 0.05) is 11.1 Å². The Labute approximate surface area is 104 Å². The predicted octanol–water partition coefficient (Wildman–Crippen LogP) is 3.39. The highest BCUT2D eigenvalue weighted by Gasteiger charge is 2.07. The van der Waals surface area contributed by atoms with Gasteiger partial charge in [0.25, 0.3) is 0 Å². The molecule has 0 spiro atoms. The molecule has 0 saturated carbocycles. The number of nitrogens with zero attached hydrogens (tertiary/aromatic N) is 1. The molecule has 4 heteroatoms. The van der Waals surface area contributed by atoms with Crippen molar-refractivity contribution < 1.29 is 13.6 Å². The van der Waals surface area contributed by atoms with Crippen LogP contribution in [0.5, 0.6) is 0 Å². The first-order valence-electron chi connectivity index (χ1n) is 5.33. The molecule has 0 aliphatic carbocycles. The van der Waals surface area contributed by atoms with Crippen molar-refractivity contribution in [3.05, 3.63) is 71.3 Å². The first-order valence-corrected chi connectivity index (χ1v) is 5.33. The molecule has 0 fully saturated rings. The van der Waals surface area contributed by atoms with E-state index >= 15 is 0 Å². The summed E-state index contributed by atoms with van der Waals surface area (Å²) in [6, 6.07) is 13.1. The van der Waals surface area contributed by atoms with E-state index in [1.165, 1.54) is 12.1 Å². The average Bonchev–Trinajstić information content (AvgIpc) is 2.40. The Morgan fingerprint density at radius 2 is 1.78 bits per heavy atom. The van der Waals surface area contributed by atoms with Crippen LogP contribution in [0.4, 0.5) is 8.78 Å². The molecule has 0 bridgehead atoms. The lowest BCUT2D eigenvalue weighted by Gasteiger charge is -2.01. The highest BCUT2D eigenvalue weighted by atomic mass is 19.2.